The zero-order valence-electron chi connectivity index (χ0n) is 21.8. The number of anilines is 1. The molecule has 0 saturated carbocycles. The first-order valence-electron chi connectivity index (χ1n) is 12.5. The van der Waals surface area contributed by atoms with Gasteiger partial charge in [0.15, 0.2) is 5.78 Å². The highest BCUT2D eigenvalue weighted by Crippen LogP contribution is 2.27. The second-order valence-electron chi connectivity index (χ2n) is 9.82. The predicted molar refractivity (Wildman–Crippen MR) is 137 cm³/mol. The van der Waals surface area contributed by atoms with E-state index in [1.54, 1.807) is 25.7 Å². The number of nitrogens with zero attached hydrogens (tertiary/aromatic N) is 4. The molecule has 1 amide bonds. The van der Waals surface area contributed by atoms with Crippen LogP contribution in [0, 0.1) is 6.92 Å². The van der Waals surface area contributed by atoms with Gasteiger partial charge in [0.05, 0.1) is 19.6 Å². The lowest BCUT2D eigenvalue weighted by Crippen LogP contribution is -2.50. The number of nitrogen functional groups attached to an aromatic ring is 1. The second kappa shape index (κ2) is 11.4. The molecule has 0 unspecified atom stereocenters. The molecule has 2 aromatic rings. The Hall–Kier alpha value is -3.34. The zero-order chi connectivity index (χ0) is 27.5. The van der Waals surface area contributed by atoms with Crippen molar-refractivity contribution in [3.8, 4) is 0 Å². The van der Waals surface area contributed by atoms with E-state index in [2.05, 4.69) is 0 Å². The summed E-state index contributed by atoms with van der Waals surface area (Å²) in [5.41, 5.74) is 6.38. The number of carbonyl (C=O) groups excluding carboxylic acids is 2. The number of aryl methyl sites for hydroxylation is 1. The standard InChI is InChI=1S/C26H35F2N5O4/c1-5-32-24(36)22(23(29)33(25(32)37)14-19-8-6-18(4)7-9-19)20(34)15-31(17(2)3)16-21(35)30-12-10-26(27,28)11-13-30/h6-9,17H,5,10-16,29H2,1-4H3. The summed E-state index contributed by atoms with van der Waals surface area (Å²) in [5.74, 6) is -3.98. The van der Waals surface area contributed by atoms with E-state index in [9.17, 15) is 28.0 Å². The Labute approximate surface area is 214 Å². The lowest BCUT2D eigenvalue weighted by molar-refractivity contribution is -0.138. The molecule has 1 aromatic heterocycles. The molecule has 0 radical (unpaired) electrons. The van der Waals surface area contributed by atoms with Gasteiger partial charge >= 0.3 is 5.69 Å². The van der Waals surface area contributed by atoms with Gasteiger partial charge in [-0.25, -0.2) is 13.6 Å². The highest BCUT2D eigenvalue weighted by molar-refractivity contribution is 6.01. The first kappa shape index (κ1) is 28.2. The van der Waals surface area contributed by atoms with Crippen molar-refractivity contribution in [1.82, 2.24) is 18.9 Å². The molecule has 0 spiro atoms. The van der Waals surface area contributed by atoms with Gasteiger partial charge in [-0.3, -0.25) is 28.4 Å². The molecule has 1 saturated heterocycles. The van der Waals surface area contributed by atoms with E-state index in [0.717, 1.165) is 15.7 Å². The Morgan fingerprint density at radius 1 is 1.05 bits per heavy atom. The van der Waals surface area contributed by atoms with Crippen LogP contribution in [-0.4, -0.2) is 68.8 Å². The number of hydrogen-bond acceptors (Lipinski definition) is 6. The molecule has 1 fully saturated rings. The number of benzene rings is 1. The molecule has 0 aliphatic carbocycles. The molecule has 0 atom stereocenters. The molecule has 202 valence electrons. The summed E-state index contributed by atoms with van der Waals surface area (Å²) in [7, 11) is 0. The fourth-order valence-electron chi connectivity index (χ4n) is 4.33. The summed E-state index contributed by atoms with van der Waals surface area (Å²) in [4.78, 5) is 55.2. The zero-order valence-corrected chi connectivity index (χ0v) is 21.8. The molecule has 2 N–H and O–H groups in total. The van der Waals surface area contributed by atoms with E-state index in [1.165, 1.54) is 9.47 Å². The Balaban J connectivity index is 1.88. The quantitative estimate of drug-likeness (QED) is 0.508. The third-order valence-electron chi connectivity index (χ3n) is 6.79. The van der Waals surface area contributed by atoms with Gasteiger partial charge in [-0.2, -0.15) is 0 Å². The highest BCUT2D eigenvalue weighted by atomic mass is 19.3. The van der Waals surface area contributed by atoms with E-state index >= 15 is 0 Å². The third-order valence-corrected chi connectivity index (χ3v) is 6.79. The molecule has 1 aliphatic rings. The molecule has 2 heterocycles. The van der Waals surface area contributed by atoms with Crippen LogP contribution >= 0.6 is 0 Å². The maximum absolute atomic E-state index is 13.5. The number of piperidine rings is 1. The van der Waals surface area contributed by atoms with Crippen molar-refractivity contribution in [2.45, 2.75) is 65.6 Å². The Bertz CT molecular complexity index is 1260. The minimum absolute atomic E-state index is 0.0517. The van der Waals surface area contributed by atoms with Crippen molar-refractivity contribution in [3.05, 3.63) is 61.8 Å². The average Bonchev–Trinajstić information content (AvgIpc) is 2.82. The number of aromatic nitrogens is 2. The summed E-state index contributed by atoms with van der Waals surface area (Å²) in [6, 6.07) is 7.20. The van der Waals surface area contributed by atoms with Crippen molar-refractivity contribution in [2.75, 3.05) is 31.9 Å². The van der Waals surface area contributed by atoms with Gasteiger partial charge in [-0.15, -0.1) is 0 Å². The van der Waals surface area contributed by atoms with Gasteiger partial charge < -0.3 is 10.6 Å². The van der Waals surface area contributed by atoms with Crippen LogP contribution in [0.15, 0.2) is 33.9 Å². The number of alkyl halides is 2. The summed E-state index contributed by atoms with van der Waals surface area (Å²) in [6.07, 6.45) is -0.788. The average molecular weight is 520 g/mol. The van der Waals surface area contributed by atoms with Crippen LogP contribution in [-0.2, 0) is 17.9 Å². The summed E-state index contributed by atoms with van der Waals surface area (Å²) in [5, 5.41) is 0. The molecular weight excluding hydrogens is 484 g/mol. The molecule has 3 rings (SSSR count). The number of halogens is 2. The van der Waals surface area contributed by atoms with Crippen LogP contribution in [0.4, 0.5) is 14.6 Å². The normalized spacial score (nSPS) is 15.4. The first-order valence-corrected chi connectivity index (χ1v) is 12.5. The van der Waals surface area contributed by atoms with Crippen LogP contribution in [0.5, 0.6) is 0 Å². The van der Waals surface area contributed by atoms with E-state index < -0.39 is 35.8 Å². The first-order chi connectivity index (χ1) is 17.3. The minimum atomic E-state index is -2.77. The van der Waals surface area contributed by atoms with Crippen LogP contribution in [0.2, 0.25) is 0 Å². The topological polar surface area (TPSA) is 111 Å². The van der Waals surface area contributed by atoms with Gasteiger partial charge in [0.2, 0.25) is 5.91 Å². The van der Waals surface area contributed by atoms with Gasteiger partial charge in [0, 0.05) is 38.5 Å². The van der Waals surface area contributed by atoms with Gasteiger partial charge in [0.1, 0.15) is 11.4 Å². The Kier molecular flexibility index (Phi) is 8.68. The second-order valence-corrected chi connectivity index (χ2v) is 9.82. The fraction of sp³-hybridized carbons (Fsp3) is 0.538. The number of ketones is 1. The number of Topliss-reactive ketones (excluding diaryl/α,β-unsaturated/α-hetero) is 1. The van der Waals surface area contributed by atoms with Crippen LogP contribution in [0.3, 0.4) is 0 Å². The maximum Gasteiger partial charge on any atom is 0.332 e. The van der Waals surface area contributed by atoms with Gasteiger partial charge in [-0.1, -0.05) is 29.8 Å². The van der Waals surface area contributed by atoms with E-state index in [4.69, 9.17) is 5.73 Å². The SMILES string of the molecule is CCn1c(=O)c(C(=O)CN(CC(=O)N2CCC(F)(F)CC2)C(C)C)c(N)n(Cc2ccc(C)cc2)c1=O. The largest absolute Gasteiger partial charge is 0.384 e. The minimum Gasteiger partial charge on any atom is -0.384 e. The van der Waals surface area contributed by atoms with Crippen molar-refractivity contribution >= 4 is 17.5 Å². The van der Waals surface area contributed by atoms with Crippen LogP contribution in [0.1, 0.15) is 55.1 Å². The maximum atomic E-state index is 13.5. The summed E-state index contributed by atoms with van der Waals surface area (Å²) >= 11 is 0. The van der Waals surface area contributed by atoms with Gasteiger partial charge in [-0.05, 0) is 33.3 Å². The summed E-state index contributed by atoms with van der Waals surface area (Å²) < 4.78 is 29.1. The molecule has 1 aromatic carbocycles. The number of rotatable bonds is 9. The number of nitrogens with two attached hydrogens (primary N) is 1. The lowest BCUT2D eigenvalue weighted by Gasteiger charge is -2.34. The van der Waals surface area contributed by atoms with Crippen molar-refractivity contribution in [2.24, 2.45) is 0 Å². The predicted octanol–water partition coefficient (Wildman–Crippen LogP) is 2.12. The number of hydrogen-bond donors (Lipinski definition) is 1. The molecule has 37 heavy (non-hydrogen) atoms. The fourth-order valence-corrected chi connectivity index (χ4v) is 4.33. The van der Waals surface area contributed by atoms with Crippen LogP contribution < -0.4 is 17.0 Å². The van der Waals surface area contributed by atoms with Crippen LogP contribution in [0.25, 0.3) is 0 Å². The number of likely N-dealkylation sites (tertiary alicyclic amines) is 1. The third kappa shape index (κ3) is 6.51. The molecular formula is C26H35F2N5O4. The summed E-state index contributed by atoms with van der Waals surface area (Å²) in [6.45, 7) is 6.71. The van der Waals surface area contributed by atoms with Gasteiger partial charge in [0.25, 0.3) is 11.5 Å². The molecule has 1 aliphatic heterocycles. The smallest absolute Gasteiger partial charge is 0.332 e. The number of carbonyl (C=O) groups is 2. The molecule has 9 nitrogen and oxygen atoms in total. The molecule has 11 heteroatoms. The monoisotopic (exact) mass is 519 g/mol. The number of amides is 1. The van der Waals surface area contributed by atoms with Crippen molar-refractivity contribution < 1.29 is 18.4 Å². The Morgan fingerprint density at radius 2 is 1.65 bits per heavy atom. The van der Waals surface area contributed by atoms with Crippen molar-refractivity contribution in [3.63, 3.8) is 0 Å². The lowest BCUT2D eigenvalue weighted by atomic mass is 10.1. The van der Waals surface area contributed by atoms with Crippen molar-refractivity contribution in [1.29, 1.82) is 0 Å². The molecule has 0 bridgehead atoms. The van der Waals surface area contributed by atoms with E-state index in [0.29, 0.717) is 0 Å². The van der Waals surface area contributed by atoms with E-state index in [-0.39, 0.29) is 62.6 Å². The highest BCUT2D eigenvalue weighted by Gasteiger charge is 2.36. The van der Waals surface area contributed by atoms with E-state index in [1.807, 2.05) is 31.2 Å². The Morgan fingerprint density at radius 3 is 2.19 bits per heavy atom.